The molecule has 5 atom stereocenters. The van der Waals surface area contributed by atoms with Crippen molar-refractivity contribution in [2.24, 2.45) is 11.8 Å². The first-order chi connectivity index (χ1) is 15.9. The molecule has 3 aliphatic rings. The second-order valence-corrected chi connectivity index (χ2v) is 9.67. The Kier molecular flexibility index (Phi) is 6.98. The minimum Gasteiger partial charge on any atom is -0.396 e. The number of halogens is 1. The van der Waals surface area contributed by atoms with Gasteiger partial charge in [0.25, 0.3) is 0 Å². The standard InChI is InChI=1S/C24H32ClN3O5/c1-14-8-7-9-15(25)19(14)27-22(31)20-24-11-10-16(33-24)17(21(30)26-2)18(24)23(32)28(20)12-5-3-4-6-13-29/h7-9,16-18,20,29H,3-6,10-13H2,1-2H3,(H,26,30)(H,27,31)/t16-,17+,18-,20?,24?/m0/s1. The van der Waals surface area contributed by atoms with Crippen molar-refractivity contribution in [2.75, 3.05) is 25.5 Å². The van der Waals surface area contributed by atoms with Gasteiger partial charge in [0.05, 0.1) is 28.6 Å². The Morgan fingerprint density at radius 2 is 2.00 bits per heavy atom. The number of anilines is 1. The van der Waals surface area contributed by atoms with Gasteiger partial charge in [-0.1, -0.05) is 36.6 Å². The molecule has 3 N–H and O–H groups in total. The van der Waals surface area contributed by atoms with E-state index in [0.29, 0.717) is 42.9 Å². The van der Waals surface area contributed by atoms with Crippen LogP contribution in [-0.2, 0) is 19.1 Å². The first kappa shape index (κ1) is 24.0. The molecule has 1 spiro atoms. The van der Waals surface area contributed by atoms with E-state index >= 15 is 0 Å². The number of benzene rings is 1. The monoisotopic (exact) mass is 477 g/mol. The largest absolute Gasteiger partial charge is 0.396 e. The van der Waals surface area contributed by atoms with Crippen LogP contribution in [0.2, 0.25) is 5.02 Å². The number of aryl methyl sites for hydroxylation is 1. The Balaban J connectivity index is 1.64. The fourth-order valence-corrected chi connectivity index (χ4v) is 6.16. The highest BCUT2D eigenvalue weighted by Gasteiger charge is 2.74. The number of ether oxygens (including phenoxy) is 1. The average Bonchev–Trinajstić information content (AvgIpc) is 3.43. The number of hydrogen-bond acceptors (Lipinski definition) is 5. The van der Waals surface area contributed by atoms with E-state index < -0.39 is 23.5 Å². The number of nitrogens with zero attached hydrogens (tertiary/aromatic N) is 1. The summed E-state index contributed by atoms with van der Waals surface area (Å²) in [5.74, 6) is -2.00. The van der Waals surface area contributed by atoms with Crippen LogP contribution in [0.1, 0.15) is 44.1 Å². The number of likely N-dealkylation sites (tertiary alicyclic amines) is 1. The van der Waals surface area contributed by atoms with Crippen LogP contribution in [0.15, 0.2) is 18.2 Å². The van der Waals surface area contributed by atoms with Gasteiger partial charge in [0, 0.05) is 20.2 Å². The van der Waals surface area contributed by atoms with E-state index in [0.717, 1.165) is 18.4 Å². The van der Waals surface area contributed by atoms with Crippen LogP contribution in [0.3, 0.4) is 0 Å². The molecule has 0 radical (unpaired) electrons. The van der Waals surface area contributed by atoms with Gasteiger partial charge in [-0.15, -0.1) is 0 Å². The highest BCUT2D eigenvalue weighted by molar-refractivity contribution is 6.34. The van der Waals surface area contributed by atoms with Gasteiger partial charge in [0.2, 0.25) is 17.7 Å². The fraction of sp³-hybridized carbons (Fsp3) is 0.625. The van der Waals surface area contributed by atoms with Gasteiger partial charge in [-0.2, -0.15) is 0 Å². The third-order valence-electron chi connectivity index (χ3n) is 7.37. The molecular weight excluding hydrogens is 446 g/mol. The normalized spacial score (nSPS) is 29.9. The van der Waals surface area contributed by atoms with Gasteiger partial charge in [0.1, 0.15) is 11.6 Å². The third-order valence-corrected chi connectivity index (χ3v) is 7.69. The summed E-state index contributed by atoms with van der Waals surface area (Å²) >= 11 is 6.35. The zero-order valence-electron chi connectivity index (χ0n) is 19.1. The van der Waals surface area contributed by atoms with Crippen molar-refractivity contribution in [1.82, 2.24) is 10.2 Å². The summed E-state index contributed by atoms with van der Waals surface area (Å²) in [6.45, 7) is 2.40. The van der Waals surface area contributed by atoms with E-state index in [1.54, 1.807) is 18.0 Å². The maximum Gasteiger partial charge on any atom is 0.250 e. The minimum atomic E-state index is -1.01. The minimum absolute atomic E-state index is 0.138. The predicted octanol–water partition coefficient (Wildman–Crippen LogP) is 2.26. The molecule has 0 saturated carbocycles. The highest BCUT2D eigenvalue weighted by Crippen LogP contribution is 2.58. The van der Waals surface area contributed by atoms with Gasteiger partial charge in [-0.3, -0.25) is 14.4 Å². The first-order valence-corrected chi connectivity index (χ1v) is 12.1. The number of para-hydroxylation sites is 1. The molecule has 1 aromatic rings. The SMILES string of the molecule is CNC(=O)[C@@H]1[C@@H]2CCC3(O2)C(C(=O)Nc2c(C)cccc2Cl)N(CCCCCCO)C(=O)[C@H]13. The van der Waals surface area contributed by atoms with Crippen molar-refractivity contribution >= 4 is 35.0 Å². The molecule has 3 fully saturated rings. The number of unbranched alkanes of at least 4 members (excludes halogenated alkanes) is 3. The van der Waals surface area contributed by atoms with Crippen molar-refractivity contribution in [3.8, 4) is 0 Å². The van der Waals surface area contributed by atoms with Crippen LogP contribution in [0.25, 0.3) is 0 Å². The van der Waals surface area contributed by atoms with Gasteiger partial charge in [-0.25, -0.2) is 0 Å². The van der Waals surface area contributed by atoms with Crippen molar-refractivity contribution in [3.63, 3.8) is 0 Å². The molecule has 0 aromatic heterocycles. The predicted molar refractivity (Wildman–Crippen MR) is 124 cm³/mol. The van der Waals surface area contributed by atoms with E-state index in [-0.39, 0.29) is 30.4 Å². The van der Waals surface area contributed by atoms with E-state index in [4.69, 9.17) is 21.4 Å². The van der Waals surface area contributed by atoms with Crippen LogP contribution < -0.4 is 10.6 Å². The van der Waals surface area contributed by atoms with E-state index in [1.165, 1.54) is 0 Å². The van der Waals surface area contributed by atoms with Crippen LogP contribution in [-0.4, -0.2) is 65.7 Å². The number of amides is 3. The van der Waals surface area contributed by atoms with Gasteiger partial charge >= 0.3 is 0 Å². The summed E-state index contributed by atoms with van der Waals surface area (Å²) in [7, 11) is 1.56. The molecule has 3 amide bonds. The topological polar surface area (TPSA) is 108 Å². The molecule has 180 valence electrons. The molecule has 0 aliphatic carbocycles. The zero-order chi connectivity index (χ0) is 23.8. The van der Waals surface area contributed by atoms with Crippen molar-refractivity contribution in [1.29, 1.82) is 0 Å². The Bertz CT molecular complexity index is 920. The lowest BCUT2D eigenvalue weighted by molar-refractivity contribution is -0.140. The maximum absolute atomic E-state index is 13.7. The lowest BCUT2D eigenvalue weighted by Crippen LogP contribution is -2.53. The Morgan fingerprint density at radius 1 is 1.24 bits per heavy atom. The molecule has 3 aliphatic heterocycles. The Morgan fingerprint density at radius 3 is 2.70 bits per heavy atom. The summed E-state index contributed by atoms with van der Waals surface area (Å²) in [6, 6.07) is 4.56. The molecule has 1 aromatic carbocycles. The molecule has 3 saturated heterocycles. The second-order valence-electron chi connectivity index (χ2n) is 9.26. The van der Waals surface area contributed by atoms with Gasteiger partial charge in [0.15, 0.2) is 0 Å². The van der Waals surface area contributed by atoms with Gasteiger partial charge in [-0.05, 0) is 44.2 Å². The molecule has 33 heavy (non-hydrogen) atoms. The number of nitrogens with one attached hydrogen (secondary N) is 2. The smallest absolute Gasteiger partial charge is 0.250 e. The number of carbonyl (C=O) groups excluding carboxylic acids is 3. The second kappa shape index (κ2) is 9.60. The molecule has 3 heterocycles. The summed E-state index contributed by atoms with van der Waals surface area (Å²) in [5.41, 5.74) is 0.336. The lowest BCUT2D eigenvalue weighted by Gasteiger charge is -2.33. The zero-order valence-corrected chi connectivity index (χ0v) is 19.9. The molecular formula is C24H32ClN3O5. The number of carbonyl (C=O) groups is 3. The van der Waals surface area contributed by atoms with Crippen LogP contribution in [0.4, 0.5) is 5.69 Å². The summed E-state index contributed by atoms with van der Waals surface area (Å²) in [6.07, 6.45) is 3.94. The first-order valence-electron chi connectivity index (χ1n) is 11.7. The van der Waals surface area contributed by atoms with Crippen molar-refractivity contribution < 1.29 is 24.2 Å². The Labute approximate surface area is 199 Å². The number of aliphatic hydroxyl groups is 1. The maximum atomic E-state index is 13.7. The molecule has 4 rings (SSSR count). The molecule has 2 unspecified atom stereocenters. The lowest BCUT2D eigenvalue weighted by atomic mass is 9.70. The quantitative estimate of drug-likeness (QED) is 0.473. The molecule has 2 bridgehead atoms. The van der Waals surface area contributed by atoms with Crippen molar-refractivity contribution in [3.05, 3.63) is 28.8 Å². The summed E-state index contributed by atoms with van der Waals surface area (Å²) < 4.78 is 6.35. The summed E-state index contributed by atoms with van der Waals surface area (Å²) in [5, 5.41) is 15.1. The van der Waals surface area contributed by atoms with E-state index in [2.05, 4.69) is 10.6 Å². The Hall–Kier alpha value is -2.16. The van der Waals surface area contributed by atoms with Crippen LogP contribution >= 0.6 is 11.6 Å². The highest BCUT2D eigenvalue weighted by atomic mass is 35.5. The van der Waals surface area contributed by atoms with Crippen LogP contribution in [0.5, 0.6) is 0 Å². The molecule has 8 nitrogen and oxygen atoms in total. The van der Waals surface area contributed by atoms with Crippen LogP contribution in [0, 0.1) is 18.8 Å². The van der Waals surface area contributed by atoms with E-state index in [9.17, 15) is 14.4 Å². The third kappa shape index (κ3) is 4.02. The molecule has 9 heteroatoms. The number of hydrogen-bond donors (Lipinski definition) is 3. The number of fused-ring (bicyclic) bond motifs is 1. The van der Waals surface area contributed by atoms with Crippen molar-refractivity contribution in [2.45, 2.75) is 63.2 Å². The number of rotatable bonds is 9. The van der Waals surface area contributed by atoms with Gasteiger partial charge < -0.3 is 25.4 Å². The number of aliphatic hydroxyl groups excluding tert-OH is 1. The van der Waals surface area contributed by atoms with E-state index in [1.807, 2.05) is 19.1 Å². The summed E-state index contributed by atoms with van der Waals surface area (Å²) in [4.78, 5) is 41.6. The fourth-order valence-electron chi connectivity index (χ4n) is 5.89. The average molecular weight is 478 g/mol.